The first-order chi connectivity index (χ1) is 14.5. The van der Waals surface area contributed by atoms with Gasteiger partial charge in [-0.05, 0) is 93.3 Å². The molecule has 0 saturated heterocycles. The molecular formula is C25H27FN2O2. The fourth-order valence-electron chi connectivity index (χ4n) is 4.47. The van der Waals surface area contributed by atoms with Gasteiger partial charge in [0.05, 0.1) is 5.52 Å². The summed E-state index contributed by atoms with van der Waals surface area (Å²) in [5.74, 6) is 1.11. The Morgan fingerprint density at radius 2 is 1.83 bits per heavy atom. The zero-order chi connectivity index (χ0) is 21.1. The molecule has 4 nitrogen and oxygen atoms in total. The van der Waals surface area contributed by atoms with E-state index in [2.05, 4.69) is 10.3 Å². The van der Waals surface area contributed by atoms with E-state index in [0.29, 0.717) is 17.6 Å². The van der Waals surface area contributed by atoms with Crippen molar-refractivity contribution in [3.63, 3.8) is 0 Å². The predicted molar refractivity (Wildman–Crippen MR) is 116 cm³/mol. The second kappa shape index (κ2) is 8.82. The summed E-state index contributed by atoms with van der Waals surface area (Å²) in [6.07, 6.45) is 5.45. The van der Waals surface area contributed by atoms with Gasteiger partial charge in [-0.1, -0.05) is 17.7 Å². The molecule has 1 saturated carbocycles. The van der Waals surface area contributed by atoms with Crippen molar-refractivity contribution in [3.05, 3.63) is 71.7 Å². The lowest BCUT2D eigenvalue weighted by Gasteiger charge is -2.33. The smallest absolute Gasteiger partial charge is 0.410 e. The third kappa shape index (κ3) is 4.61. The Hall–Kier alpha value is -2.95. The number of halogens is 1. The fraction of sp³-hybridized carbons (Fsp3) is 0.360. The van der Waals surface area contributed by atoms with Crippen LogP contribution in [0.3, 0.4) is 0 Å². The second-order valence-corrected chi connectivity index (χ2v) is 8.31. The van der Waals surface area contributed by atoms with Crippen LogP contribution in [0.2, 0.25) is 0 Å². The Kier molecular flexibility index (Phi) is 5.98. The highest BCUT2D eigenvalue weighted by Gasteiger charge is 2.28. The minimum absolute atomic E-state index is 0.0375. The highest BCUT2D eigenvalue weighted by molar-refractivity contribution is 5.82. The Morgan fingerprint density at radius 3 is 2.57 bits per heavy atom. The molecule has 1 aromatic heterocycles. The van der Waals surface area contributed by atoms with Gasteiger partial charge < -0.3 is 10.1 Å². The van der Waals surface area contributed by atoms with Crippen molar-refractivity contribution in [1.82, 2.24) is 10.3 Å². The summed E-state index contributed by atoms with van der Waals surface area (Å²) >= 11 is 0. The number of carbonyl (C=O) groups is 1. The van der Waals surface area contributed by atoms with Gasteiger partial charge in [0.1, 0.15) is 11.6 Å². The first-order valence-corrected chi connectivity index (χ1v) is 10.6. The molecule has 1 amide bonds. The number of hydrogen-bond acceptors (Lipinski definition) is 3. The Bertz CT molecular complexity index is 1030. The van der Waals surface area contributed by atoms with Crippen LogP contribution in [-0.2, 0) is 0 Å². The maximum absolute atomic E-state index is 13.8. The van der Waals surface area contributed by atoms with Gasteiger partial charge in [-0.25, -0.2) is 9.18 Å². The first-order valence-electron chi connectivity index (χ1n) is 10.6. The number of ether oxygens (including phenoxy) is 1. The molecule has 4 rings (SSSR count). The normalized spacial score (nSPS) is 20.0. The van der Waals surface area contributed by atoms with Crippen LogP contribution in [0.1, 0.15) is 49.7 Å². The number of benzene rings is 2. The van der Waals surface area contributed by atoms with Gasteiger partial charge in [0.2, 0.25) is 0 Å². The van der Waals surface area contributed by atoms with Crippen molar-refractivity contribution in [2.24, 2.45) is 5.92 Å². The molecule has 1 N–H and O–H groups in total. The van der Waals surface area contributed by atoms with Crippen LogP contribution in [0.4, 0.5) is 9.18 Å². The maximum Gasteiger partial charge on any atom is 0.412 e. The van der Waals surface area contributed by atoms with Crippen LogP contribution < -0.4 is 10.1 Å². The van der Waals surface area contributed by atoms with E-state index >= 15 is 0 Å². The molecule has 3 aromatic rings. The van der Waals surface area contributed by atoms with E-state index in [-0.39, 0.29) is 11.9 Å². The van der Waals surface area contributed by atoms with Gasteiger partial charge in [-0.2, -0.15) is 0 Å². The number of amides is 1. The van der Waals surface area contributed by atoms with Crippen LogP contribution in [-0.4, -0.2) is 17.1 Å². The topological polar surface area (TPSA) is 51.2 Å². The molecule has 2 aromatic carbocycles. The average molecular weight is 407 g/mol. The van der Waals surface area contributed by atoms with E-state index in [1.54, 1.807) is 24.3 Å². The standard InChI is InChI=1S/C25H27FN2O2/c1-16-3-10-21(11-4-16)30-25(29)28-17(2)18-5-7-19(8-6-18)22-13-14-27-24-12-9-20(26)15-23(22)24/h3-4,9-15,17-19H,5-8H2,1-2H3,(H,28,29)/t17-,18?,19?/m1/s1. The lowest BCUT2D eigenvalue weighted by molar-refractivity contribution is 0.185. The lowest BCUT2D eigenvalue weighted by Crippen LogP contribution is -2.40. The van der Waals surface area contributed by atoms with Gasteiger partial charge in [0, 0.05) is 17.6 Å². The molecule has 0 radical (unpaired) electrons. The summed E-state index contributed by atoms with van der Waals surface area (Å²) in [6, 6.07) is 14.3. The highest BCUT2D eigenvalue weighted by atomic mass is 19.1. The molecule has 156 valence electrons. The second-order valence-electron chi connectivity index (χ2n) is 8.31. The maximum atomic E-state index is 13.8. The van der Waals surface area contributed by atoms with Crippen LogP contribution in [0.25, 0.3) is 10.9 Å². The van der Waals surface area contributed by atoms with Gasteiger partial charge in [-0.3, -0.25) is 4.98 Å². The van der Waals surface area contributed by atoms with Crippen molar-refractivity contribution in [1.29, 1.82) is 0 Å². The summed E-state index contributed by atoms with van der Waals surface area (Å²) in [6.45, 7) is 4.03. The largest absolute Gasteiger partial charge is 0.412 e. The monoisotopic (exact) mass is 406 g/mol. The predicted octanol–water partition coefficient (Wildman–Crippen LogP) is 6.13. The molecule has 1 aliphatic carbocycles. The first kappa shape index (κ1) is 20.3. The molecule has 0 unspecified atom stereocenters. The van der Waals surface area contributed by atoms with E-state index in [0.717, 1.165) is 42.1 Å². The van der Waals surface area contributed by atoms with Crippen molar-refractivity contribution >= 4 is 17.0 Å². The number of carbonyl (C=O) groups excluding carboxylic acids is 1. The molecule has 30 heavy (non-hydrogen) atoms. The van der Waals surface area contributed by atoms with E-state index in [1.165, 1.54) is 11.6 Å². The van der Waals surface area contributed by atoms with Crippen molar-refractivity contribution in [2.45, 2.75) is 51.5 Å². The Labute approximate surface area is 176 Å². The number of nitrogens with one attached hydrogen (secondary N) is 1. The number of fused-ring (bicyclic) bond motifs is 1. The SMILES string of the molecule is Cc1ccc(OC(=O)N[C@H](C)C2CCC(c3ccnc4ccc(F)cc34)CC2)cc1. The summed E-state index contributed by atoms with van der Waals surface area (Å²) < 4.78 is 19.2. The van der Waals surface area contributed by atoms with Crippen LogP contribution in [0, 0.1) is 18.7 Å². The number of aromatic nitrogens is 1. The van der Waals surface area contributed by atoms with Crippen LogP contribution in [0.15, 0.2) is 54.7 Å². The summed E-state index contributed by atoms with van der Waals surface area (Å²) in [7, 11) is 0. The van der Waals surface area contributed by atoms with E-state index in [9.17, 15) is 9.18 Å². The molecule has 0 aliphatic heterocycles. The summed E-state index contributed by atoms with van der Waals surface area (Å²) in [4.78, 5) is 16.6. The van der Waals surface area contributed by atoms with Crippen molar-refractivity contribution in [2.75, 3.05) is 0 Å². The fourth-order valence-corrected chi connectivity index (χ4v) is 4.47. The van der Waals surface area contributed by atoms with Gasteiger partial charge in [0.15, 0.2) is 0 Å². The summed E-state index contributed by atoms with van der Waals surface area (Å²) in [5, 5.41) is 3.89. The number of pyridine rings is 1. The van der Waals surface area contributed by atoms with Crippen molar-refractivity contribution in [3.8, 4) is 5.75 Å². The average Bonchev–Trinajstić information content (AvgIpc) is 2.75. The van der Waals surface area contributed by atoms with Crippen LogP contribution in [0.5, 0.6) is 5.75 Å². The minimum Gasteiger partial charge on any atom is -0.410 e. The zero-order valence-electron chi connectivity index (χ0n) is 17.4. The Balaban J connectivity index is 1.34. The van der Waals surface area contributed by atoms with E-state index < -0.39 is 6.09 Å². The molecule has 0 bridgehead atoms. The van der Waals surface area contributed by atoms with Crippen LogP contribution >= 0.6 is 0 Å². The third-order valence-corrected chi connectivity index (χ3v) is 6.23. The van der Waals surface area contributed by atoms with Gasteiger partial charge in [0.25, 0.3) is 0 Å². The zero-order valence-corrected chi connectivity index (χ0v) is 17.4. The molecule has 1 aliphatic rings. The molecule has 1 fully saturated rings. The summed E-state index contributed by atoms with van der Waals surface area (Å²) in [5.41, 5.74) is 3.14. The third-order valence-electron chi connectivity index (χ3n) is 6.23. The van der Waals surface area contributed by atoms with Crippen molar-refractivity contribution < 1.29 is 13.9 Å². The molecule has 1 heterocycles. The molecule has 1 atom stereocenters. The van der Waals surface area contributed by atoms with Gasteiger partial charge >= 0.3 is 6.09 Å². The highest BCUT2D eigenvalue weighted by Crippen LogP contribution is 2.39. The molecule has 0 spiro atoms. The lowest BCUT2D eigenvalue weighted by atomic mass is 9.75. The number of aryl methyl sites for hydroxylation is 1. The number of hydrogen-bond donors (Lipinski definition) is 1. The van der Waals surface area contributed by atoms with Gasteiger partial charge in [-0.15, -0.1) is 0 Å². The molecular weight excluding hydrogens is 379 g/mol. The number of rotatable bonds is 4. The number of nitrogens with zero attached hydrogens (tertiary/aromatic N) is 1. The van der Waals surface area contributed by atoms with E-state index in [4.69, 9.17) is 4.74 Å². The minimum atomic E-state index is -0.413. The molecule has 5 heteroatoms. The quantitative estimate of drug-likeness (QED) is 0.567. The van der Waals surface area contributed by atoms with E-state index in [1.807, 2.05) is 38.2 Å². The Morgan fingerprint density at radius 1 is 1.10 bits per heavy atom.